The summed E-state index contributed by atoms with van der Waals surface area (Å²) in [6.07, 6.45) is 0. The standard InChI is InChI=1S/C8H8O3.C7H6O3.CH2Cl2.CH2I.CH3.2V/c1-9-6-2-3-7-8(4-6)11-5-10-7;8-5-1-2-6-7(3-5)10-4-9-6;2-1-3;1-2;;;/h2-4H,5H2,1H3;1-3,8H,4H2;1H2;1H2;1H3;;/q;;;2*-1;;/i5D2;4D2;;;;;. The van der Waals surface area contributed by atoms with Gasteiger partial charge in [-0.25, -0.2) is 0 Å². The van der Waals surface area contributed by atoms with E-state index in [4.69, 9.17) is 57.5 Å². The van der Waals surface area contributed by atoms with Gasteiger partial charge in [-0.2, -0.15) is 0 Å². The van der Waals surface area contributed by atoms with Gasteiger partial charge in [0.15, 0.2) is 23.0 Å². The molecule has 2 aliphatic heterocycles. The molecule has 0 spiro atoms. The van der Waals surface area contributed by atoms with Crippen molar-refractivity contribution in [1.29, 1.82) is 0 Å². The Morgan fingerprint density at radius 1 is 0.966 bits per heavy atom. The molecule has 2 aliphatic rings. The molecule has 11 heteroatoms. The number of fused-ring (bicyclic) bond motifs is 2. The van der Waals surface area contributed by atoms with Crippen LogP contribution in [0.25, 0.3) is 0 Å². The van der Waals surface area contributed by atoms with Crippen molar-refractivity contribution in [3.8, 4) is 34.5 Å². The molecule has 1 N–H and O–H groups in total. The maximum atomic E-state index is 9.01. The van der Waals surface area contributed by atoms with Crippen molar-refractivity contribution in [1.82, 2.24) is 0 Å². The molecule has 0 saturated heterocycles. The Morgan fingerprint density at radius 2 is 1.38 bits per heavy atom. The van der Waals surface area contributed by atoms with E-state index < -0.39 is 13.5 Å². The van der Waals surface area contributed by atoms with Crippen LogP contribution in [0.1, 0.15) is 5.48 Å². The zero-order valence-corrected chi connectivity index (χ0v) is 21.9. The van der Waals surface area contributed by atoms with Crippen LogP contribution in [0, 0.1) is 12.4 Å². The Hall–Kier alpha value is -0.281. The summed E-state index contributed by atoms with van der Waals surface area (Å²) in [6.45, 7) is -4.18. The van der Waals surface area contributed by atoms with E-state index in [2.05, 4.69) is 4.93 Å². The number of halogens is 3. The van der Waals surface area contributed by atoms with Crippen molar-refractivity contribution >= 4 is 45.8 Å². The SMILES string of the molecule is ClCCl.[2H]C1([2H])Oc2ccc(O)cc2O1.[2H]C1([2H])Oc2ccc(OC)cc2O1.[CH2-]I.[CH3-].[V].[V]. The molecule has 0 saturated carbocycles. The molecule has 0 aromatic heterocycles. The van der Waals surface area contributed by atoms with Gasteiger partial charge in [-0.1, -0.05) is 0 Å². The normalized spacial score (nSPS) is 16.0. The van der Waals surface area contributed by atoms with Gasteiger partial charge in [0.2, 0.25) is 13.5 Å². The average molecular weight is 637 g/mol. The second kappa shape index (κ2) is 19.7. The summed E-state index contributed by atoms with van der Waals surface area (Å²) in [5.41, 5.74) is 0. The van der Waals surface area contributed by atoms with Gasteiger partial charge < -0.3 is 58.8 Å². The maximum absolute atomic E-state index is 9.01. The Kier molecular flexibility index (Phi) is 16.9. The molecule has 2 radical (unpaired) electrons. The zero-order valence-electron chi connectivity index (χ0n) is 19.4. The minimum atomic E-state index is -2.11. The molecule has 2 aromatic carbocycles. The smallest absolute Gasteiger partial charge is 0.231 e. The zero-order chi connectivity index (χ0) is 22.9. The first-order valence-corrected chi connectivity index (χ1v) is 9.34. The quantitative estimate of drug-likeness (QED) is 0.249. The minimum Gasteiger partial charge on any atom is -0.508 e. The van der Waals surface area contributed by atoms with Crippen molar-refractivity contribution in [3.63, 3.8) is 0 Å². The monoisotopic (exact) mass is 636 g/mol. The molecule has 2 aromatic rings. The number of methoxy groups -OCH3 is 1. The van der Waals surface area contributed by atoms with Gasteiger partial charge in [-0.15, -0.1) is 23.2 Å². The van der Waals surface area contributed by atoms with Crippen LogP contribution in [-0.4, -0.2) is 31.0 Å². The summed E-state index contributed by atoms with van der Waals surface area (Å²) >= 11 is 11.4. The van der Waals surface area contributed by atoms with E-state index in [-0.39, 0.29) is 61.4 Å². The fourth-order valence-corrected chi connectivity index (χ4v) is 1.66. The fraction of sp³-hybridized carbons (Fsp3) is 0.222. The number of hydrogen-bond donors (Lipinski definition) is 1. The predicted octanol–water partition coefficient (Wildman–Crippen LogP) is 5.62. The number of benzene rings is 2. The molecule has 0 aliphatic carbocycles. The Bertz CT molecular complexity index is 841. The van der Waals surface area contributed by atoms with Gasteiger partial charge >= 0.3 is 0 Å². The first-order chi connectivity index (χ1) is 14.1. The molecule has 0 atom stereocenters. The van der Waals surface area contributed by atoms with E-state index in [0.29, 0.717) is 23.0 Å². The van der Waals surface area contributed by atoms with Crippen LogP contribution >= 0.6 is 45.8 Å². The first-order valence-electron chi connectivity index (χ1n) is 8.75. The van der Waals surface area contributed by atoms with Gasteiger partial charge in [0.05, 0.1) is 12.4 Å². The second-order valence-corrected chi connectivity index (χ2v) is 4.93. The molecule has 162 valence electrons. The van der Waals surface area contributed by atoms with Crippen LogP contribution in [0.5, 0.6) is 34.5 Å². The van der Waals surface area contributed by atoms with E-state index >= 15 is 0 Å². The third kappa shape index (κ3) is 11.6. The Labute approximate surface area is 225 Å². The number of rotatable bonds is 1. The molecule has 0 amide bonds. The maximum Gasteiger partial charge on any atom is 0.231 e. The van der Waals surface area contributed by atoms with Crippen LogP contribution < -0.4 is 23.7 Å². The first kappa shape index (κ1) is 25.0. The molecule has 29 heavy (non-hydrogen) atoms. The van der Waals surface area contributed by atoms with E-state index in [1.165, 1.54) is 25.3 Å². The van der Waals surface area contributed by atoms with E-state index in [9.17, 15) is 0 Å². The summed E-state index contributed by atoms with van der Waals surface area (Å²) < 4.78 is 52.7. The van der Waals surface area contributed by atoms with E-state index in [1.807, 2.05) is 22.6 Å². The number of hydrogen-bond acceptors (Lipinski definition) is 6. The largest absolute Gasteiger partial charge is 0.508 e. The van der Waals surface area contributed by atoms with Crippen molar-refractivity contribution < 1.29 is 71.4 Å². The van der Waals surface area contributed by atoms with Crippen molar-refractivity contribution in [2.75, 3.05) is 25.9 Å². The molecule has 0 bridgehead atoms. The molecule has 2 heterocycles. The summed E-state index contributed by atoms with van der Waals surface area (Å²) in [5, 5.41) is 9.20. The van der Waals surface area contributed by atoms with Crippen molar-refractivity contribution in [3.05, 3.63) is 48.8 Å². The van der Waals surface area contributed by atoms with Gasteiger partial charge in [0.25, 0.3) is 0 Å². The number of phenolic OH excluding ortho intramolecular Hbond substituents is 1. The van der Waals surface area contributed by atoms with Crippen LogP contribution in [0.3, 0.4) is 0 Å². The van der Waals surface area contributed by atoms with Gasteiger partial charge in [-0.3, -0.25) is 4.93 Å². The van der Waals surface area contributed by atoms with Crippen molar-refractivity contribution in [2.24, 2.45) is 0 Å². The van der Waals surface area contributed by atoms with Crippen molar-refractivity contribution in [2.45, 2.75) is 0 Å². The number of ether oxygens (including phenoxy) is 5. The summed E-state index contributed by atoms with van der Waals surface area (Å²) in [7, 11) is 1.53. The van der Waals surface area contributed by atoms with Crippen LogP contribution in [0.2, 0.25) is 0 Å². The van der Waals surface area contributed by atoms with Crippen LogP contribution in [0.4, 0.5) is 0 Å². The topological polar surface area (TPSA) is 66.4 Å². The molecule has 4 rings (SSSR count). The number of phenols is 1. The molecular formula is C18H21Cl2IO6V2-2. The third-order valence-electron chi connectivity index (χ3n) is 2.68. The Balaban J connectivity index is -0.000000425. The minimum absolute atomic E-state index is 0. The Morgan fingerprint density at radius 3 is 1.86 bits per heavy atom. The van der Waals surface area contributed by atoms with E-state index in [0.717, 1.165) is 0 Å². The second-order valence-electron chi connectivity index (χ2n) is 4.12. The fourth-order valence-electron chi connectivity index (χ4n) is 1.66. The number of aromatic hydroxyl groups is 1. The average Bonchev–Trinajstić information content (AvgIpc) is 3.15. The van der Waals surface area contributed by atoms with Gasteiger partial charge in [-0.05, 0) is 24.3 Å². The summed E-state index contributed by atoms with van der Waals surface area (Å²) in [6, 6.07) is 9.04. The molecule has 0 fully saturated rings. The van der Waals surface area contributed by atoms with Gasteiger partial charge in [0, 0.05) is 49.2 Å². The summed E-state index contributed by atoms with van der Waals surface area (Å²) in [4.78, 5) is 3.22. The molecule has 6 nitrogen and oxygen atoms in total. The molecule has 0 unspecified atom stereocenters. The van der Waals surface area contributed by atoms with Crippen LogP contribution in [0.15, 0.2) is 36.4 Å². The third-order valence-corrected chi connectivity index (χ3v) is 2.68. The van der Waals surface area contributed by atoms with Crippen LogP contribution in [-0.2, 0) is 37.1 Å². The summed E-state index contributed by atoms with van der Waals surface area (Å²) in [5.74, 6) is 1.92. The number of alkyl halides is 2. The predicted molar refractivity (Wildman–Crippen MR) is 116 cm³/mol. The van der Waals surface area contributed by atoms with E-state index in [1.54, 1.807) is 18.2 Å². The molecular weight excluding hydrogens is 612 g/mol. The van der Waals surface area contributed by atoms with Gasteiger partial charge in [0.1, 0.15) is 17.0 Å².